The minimum atomic E-state index is -3.97. The summed E-state index contributed by atoms with van der Waals surface area (Å²) in [6.45, 7) is 4.42. The third-order valence-corrected chi connectivity index (χ3v) is 7.73. The third-order valence-electron chi connectivity index (χ3n) is 4.90. The molecule has 0 spiro atoms. The van der Waals surface area contributed by atoms with E-state index in [1.165, 1.54) is 13.8 Å². The average Bonchev–Trinajstić information content (AvgIpc) is 2.66. The molecular formula is C16H18N2O6S. The lowest BCUT2D eigenvalue weighted by Crippen LogP contribution is -2.72. The molecule has 0 bridgehead atoms. The van der Waals surface area contributed by atoms with Gasteiger partial charge in [-0.3, -0.25) is 9.59 Å². The maximum atomic E-state index is 12.7. The van der Waals surface area contributed by atoms with Gasteiger partial charge in [-0.1, -0.05) is 17.7 Å². The minimum absolute atomic E-state index is 0.293. The molecule has 2 fully saturated rings. The number of sulfone groups is 1. The number of carbonyl (C=O) groups excluding carboxylic acids is 2. The molecule has 2 aliphatic heterocycles. The van der Waals surface area contributed by atoms with Crippen LogP contribution in [0.2, 0.25) is 0 Å². The number of carboxylic acids is 1. The van der Waals surface area contributed by atoms with Crippen molar-refractivity contribution in [2.24, 2.45) is 0 Å². The van der Waals surface area contributed by atoms with Crippen molar-refractivity contribution in [2.45, 2.75) is 43.0 Å². The van der Waals surface area contributed by atoms with E-state index in [9.17, 15) is 27.9 Å². The van der Waals surface area contributed by atoms with Crippen LogP contribution in [-0.2, 0) is 19.4 Å². The van der Waals surface area contributed by atoms with Crippen LogP contribution >= 0.6 is 0 Å². The molecule has 2 heterocycles. The summed E-state index contributed by atoms with van der Waals surface area (Å²) in [5, 5.41) is 10.4. The van der Waals surface area contributed by atoms with Crippen molar-refractivity contribution in [2.75, 3.05) is 0 Å². The number of benzene rings is 1. The largest absolute Gasteiger partial charge is 0.480 e. The molecule has 9 heteroatoms. The predicted molar refractivity (Wildman–Crippen MR) is 87.5 cm³/mol. The van der Waals surface area contributed by atoms with Crippen LogP contribution in [0.4, 0.5) is 0 Å². The van der Waals surface area contributed by atoms with E-state index < -0.39 is 49.8 Å². The molecular weight excluding hydrogens is 348 g/mol. The smallest absolute Gasteiger partial charge is 0.328 e. The number of aryl methyl sites for hydroxylation is 1. The molecule has 2 amide bonds. The fourth-order valence-electron chi connectivity index (χ4n) is 3.37. The van der Waals surface area contributed by atoms with Gasteiger partial charge in [0, 0.05) is 5.56 Å². The number of rotatable bonds is 3. The topological polar surface area (TPSA) is 121 Å². The highest BCUT2D eigenvalue weighted by Crippen LogP contribution is 2.45. The second-order valence-corrected chi connectivity index (χ2v) is 9.47. The fraction of sp³-hybridized carbons (Fsp3) is 0.438. The monoisotopic (exact) mass is 366 g/mol. The maximum absolute atomic E-state index is 12.7. The Bertz CT molecular complexity index is 874. The van der Waals surface area contributed by atoms with Gasteiger partial charge in [-0.25, -0.2) is 13.2 Å². The van der Waals surface area contributed by atoms with E-state index in [1.807, 2.05) is 6.92 Å². The molecule has 0 aromatic heterocycles. The molecule has 2 saturated heterocycles. The Morgan fingerprint density at radius 3 is 2.28 bits per heavy atom. The molecule has 1 aromatic rings. The quantitative estimate of drug-likeness (QED) is 0.722. The number of amides is 2. The number of nitrogens with zero attached hydrogens (tertiary/aromatic N) is 1. The molecule has 3 atom stereocenters. The lowest BCUT2D eigenvalue weighted by Gasteiger charge is -2.42. The van der Waals surface area contributed by atoms with Gasteiger partial charge in [0.2, 0.25) is 5.91 Å². The normalized spacial score (nSPS) is 28.8. The Morgan fingerprint density at radius 2 is 1.76 bits per heavy atom. The number of hydrogen-bond acceptors (Lipinski definition) is 5. The molecule has 0 radical (unpaired) electrons. The number of nitrogens with one attached hydrogen (secondary N) is 1. The molecule has 134 valence electrons. The summed E-state index contributed by atoms with van der Waals surface area (Å²) in [7, 11) is -3.97. The van der Waals surface area contributed by atoms with E-state index in [0.29, 0.717) is 5.56 Å². The van der Waals surface area contributed by atoms with E-state index >= 15 is 0 Å². The zero-order valence-electron chi connectivity index (χ0n) is 13.9. The molecule has 1 aromatic carbocycles. The zero-order valence-corrected chi connectivity index (χ0v) is 14.7. The van der Waals surface area contributed by atoms with Crippen LogP contribution < -0.4 is 5.32 Å². The summed E-state index contributed by atoms with van der Waals surface area (Å²) in [6.07, 6.45) is 0. The first-order chi connectivity index (χ1) is 11.5. The van der Waals surface area contributed by atoms with E-state index in [1.54, 1.807) is 24.3 Å². The highest BCUT2D eigenvalue weighted by molar-refractivity contribution is 7.94. The highest BCUT2D eigenvalue weighted by Gasteiger charge is 2.72. The van der Waals surface area contributed by atoms with Crippen LogP contribution in [0.25, 0.3) is 0 Å². The van der Waals surface area contributed by atoms with Gasteiger partial charge in [0.25, 0.3) is 5.91 Å². The zero-order chi connectivity index (χ0) is 18.7. The number of aliphatic carboxylic acids is 1. The number of carboxylic acid groups (broad SMARTS) is 1. The summed E-state index contributed by atoms with van der Waals surface area (Å²) in [4.78, 5) is 36.9. The van der Waals surface area contributed by atoms with Crippen LogP contribution in [0.3, 0.4) is 0 Å². The average molecular weight is 366 g/mol. The van der Waals surface area contributed by atoms with Crippen LogP contribution in [-0.4, -0.2) is 58.4 Å². The Balaban J connectivity index is 1.89. The summed E-state index contributed by atoms with van der Waals surface area (Å²) in [5.74, 6) is -2.66. The molecule has 3 rings (SSSR count). The van der Waals surface area contributed by atoms with Gasteiger partial charge in [0.05, 0.1) is 0 Å². The third kappa shape index (κ3) is 2.25. The van der Waals surface area contributed by atoms with Crippen molar-refractivity contribution in [3.8, 4) is 0 Å². The maximum Gasteiger partial charge on any atom is 0.328 e. The van der Waals surface area contributed by atoms with Gasteiger partial charge in [0.15, 0.2) is 15.2 Å². The molecule has 2 aliphatic rings. The van der Waals surface area contributed by atoms with Gasteiger partial charge < -0.3 is 15.3 Å². The molecule has 0 saturated carbocycles. The van der Waals surface area contributed by atoms with Gasteiger partial charge in [-0.05, 0) is 32.9 Å². The second-order valence-electron chi connectivity index (χ2n) is 6.84. The number of hydrogen-bond donors (Lipinski definition) is 2. The Morgan fingerprint density at radius 1 is 1.20 bits per heavy atom. The number of β-lactam (4-membered cyclic amide) rings is 1. The fourth-order valence-corrected chi connectivity index (χ4v) is 5.59. The summed E-state index contributed by atoms with van der Waals surface area (Å²) >= 11 is 0. The van der Waals surface area contributed by atoms with Crippen LogP contribution in [0.15, 0.2) is 24.3 Å². The Labute approximate surface area is 144 Å². The molecule has 8 nitrogen and oxygen atoms in total. The van der Waals surface area contributed by atoms with Crippen molar-refractivity contribution in [3.05, 3.63) is 35.4 Å². The van der Waals surface area contributed by atoms with Crippen LogP contribution in [0, 0.1) is 6.92 Å². The van der Waals surface area contributed by atoms with Gasteiger partial charge in [-0.2, -0.15) is 0 Å². The predicted octanol–water partition coefficient (Wildman–Crippen LogP) is -0.0781. The lowest BCUT2D eigenvalue weighted by molar-refractivity contribution is -0.159. The van der Waals surface area contributed by atoms with Gasteiger partial charge >= 0.3 is 5.97 Å². The van der Waals surface area contributed by atoms with Crippen molar-refractivity contribution in [3.63, 3.8) is 0 Å². The lowest BCUT2D eigenvalue weighted by atomic mass is 9.96. The first kappa shape index (κ1) is 17.4. The van der Waals surface area contributed by atoms with E-state index in [0.717, 1.165) is 10.5 Å². The van der Waals surface area contributed by atoms with Crippen molar-refractivity contribution in [1.82, 2.24) is 10.2 Å². The van der Waals surface area contributed by atoms with Crippen molar-refractivity contribution >= 4 is 27.6 Å². The summed E-state index contributed by atoms with van der Waals surface area (Å²) < 4.78 is 23.8. The van der Waals surface area contributed by atoms with Crippen molar-refractivity contribution < 1.29 is 27.9 Å². The molecule has 25 heavy (non-hydrogen) atoms. The number of carbonyl (C=O) groups is 3. The number of fused-ring (bicyclic) bond motifs is 1. The Hall–Kier alpha value is -2.42. The van der Waals surface area contributed by atoms with E-state index in [-0.39, 0.29) is 0 Å². The van der Waals surface area contributed by atoms with Crippen LogP contribution in [0.1, 0.15) is 29.8 Å². The first-order valence-electron chi connectivity index (χ1n) is 7.66. The molecule has 0 aliphatic carbocycles. The SMILES string of the molecule is Cc1ccc(C(=O)NC2C(=O)N3[C@@H](C(=O)O)C(C)(C)S(=O)(=O)[C@H]23)cc1. The van der Waals surface area contributed by atoms with E-state index in [4.69, 9.17) is 0 Å². The second kappa shape index (κ2) is 5.29. The summed E-state index contributed by atoms with van der Waals surface area (Å²) in [6, 6.07) is 3.83. The highest BCUT2D eigenvalue weighted by atomic mass is 32.2. The molecule has 1 unspecified atom stereocenters. The van der Waals surface area contributed by atoms with Gasteiger partial charge in [-0.15, -0.1) is 0 Å². The summed E-state index contributed by atoms with van der Waals surface area (Å²) in [5.41, 5.74) is 1.24. The standard InChI is InChI=1S/C16H18N2O6S/c1-8-4-6-9(7-5-8)12(19)17-10-13(20)18-11(15(21)22)16(2,3)25(23,24)14(10)18/h4-7,10-11,14H,1-3H3,(H,17,19)(H,21,22)/t10?,11-,14+/m0/s1. The van der Waals surface area contributed by atoms with Crippen LogP contribution in [0.5, 0.6) is 0 Å². The van der Waals surface area contributed by atoms with Gasteiger partial charge in [0.1, 0.15) is 16.8 Å². The first-order valence-corrected chi connectivity index (χ1v) is 9.20. The Kier molecular flexibility index (Phi) is 3.68. The van der Waals surface area contributed by atoms with E-state index in [2.05, 4.69) is 5.32 Å². The van der Waals surface area contributed by atoms with Crippen molar-refractivity contribution in [1.29, 1.82) is 0 Å². The minimum Gasteiger partial charge on any atom is -0.480 e. The molecule has 2 N–H and O–H groups in total.